The van der Waals surface area contributed by atoms with E-state index in [0.29, 0.717) is 6.54 Å². The van der Waals surface area contributed by atoms with Gasteiger partial charge in [0.1, 0.15) is 0 Å². The van der Waals surface area contributed by atoms with Crippen LogP contribution in [0.5, 0.6) is 0 Å². The van der Waals surface area contributed by atoms with E-state index >= 15 is 0 Å². The molecule has 0 amide bonds. The maximum absolute atomic E-state index is 10.6. The van der Waals surface area contributed by atoms with Crippen molar-refractivity contribution in [2.75, 3.05) is 19.7 Å². The summed E-state index contributed by atoms with van der Waals surface area (Å²) in [6.45, 7) is 1.75. The molecule has 2 N–H and O–H groups in total. The minimum absolute atomic E-state index is 0.101. The Morgan fingerprint density at radius 2 is 2.35 bits per heavy atom. The molecule has 2 rings (SSSR count). The largest absolute Gasteiger partial charge is 0.480 e. The summed E-state index contributed by atoms with van der Waals surface area (Å²) in [5.41, 5.74) is 1.12. The van der Waals surface area contributed by atoms with Gasteiger partial charge in [0.25, 0.3) is 0 Å². The standard InChI is InChI=1S/C11H16N2O3S/c14-5-1-2-10-12-8-3-4-13(7-11(15)16)6-9(8)17-10/h14H,1-7H2,(H,15,16). The van der Waals surface area contributed by atoms with Crippen molar-refractivity contribution >= 4 is 17.3 Å². The number of aliphatic carboxylic acids is 1. The van der Waals surface area contributed by atoms with E-state index in [1.165, 1.54) is 4.88 Å². The minimum Gasteiger partial charge on any atom is -0.480 e. The number of carboxylic acid groups (broad SMARTS) is 1. The van der Waals surface area contributed by atoms with Crippen molar-refractivity contribution < 1.29 is 15.0 Å². The van der Waals surface area contributed by atoms with Gasteiger partial charge in [-0.05, 0) is 6.42 Å². The van der Waals surface area contributed by atoms with Crippen molar-refractivity contribution in [3.63, 3.8) is 0 Å². The van der Waals surface area contributed by atoms with Crippen LogP contribution < -0.4 is 0 Å². The number of aromatic nitrogens is 1. The number of aliphatic hydroxyl groups excluding tert-OH is 1. The molecule has 0 aliphatic carbocycles. The lowest BCUT2D eigenvalue weighted by Gasteiger charge is -2.23. The number of nitrogens with zero attached hydrogens (tertiary/aromatic N) is 2. The number of hydrogen-bond acceptors (Lipinski definition) is 5. The Bertz CT molecular complexity index is 405. The number of aryl methyl sites for hydroxylation is 1. The Hall–Kier alpha value is -0.980. The molecular formula is C11H16N2O3S. The summed E-state index contributed by atoms with van der Waals surface area (Å²) in [5.74, 6) is -0.779. The van der Waals surface area contributed by atoms with Crippen molar-refractivity contribution in [2.45, 2.75) is 25.8 Å². The number of carboxylic acids is 1. The highest BCUT2D eigenvalue weighted by molar-refractivity contribution is 7.11. The Balaban J connectivity index is 1.99. The highest BCUT2D eigenvalue weighted by Crippen LogP contribution is 2.25. The van der Waals surface area contributed by atoms with Crippen LogP contribution in [0.25, 0.3) is 0 Å². The summed E-state index contributed by atoms with van der Waals surface area (Å²) in [4.78, 5) is 18.3. The first-order valence-electron chi connectivity index (χ1n) is 5.71. The van der Waals surface area contributed by atoms with Crippen LogP contribution in [0.1, 0.15) is 22.0 Å². The molecule has 17 heavy (non-hydrogen) atoms. The van der Waals surface area contributed by atoms with E-state index in [-0.39, 0.29) is 13.2 Å². The molecule has 6 heteroatoms. The Kier molecular flexibility index (Phi) is 4.09. The average Bonchev–Trinajstić information content (AvgIpc) is 2.67. The van der Waals surface area contributed by atoms with Crippen LogP contribution in [0.3, 0.4) is 0 Å². The van der Waals surface area contributed by atoms with Gasteiger partial charge in [0.05, 0.1) is 17.2 Å². The molecule has 1 aliphatic rings. The predicted octanol–water partition coefficient (Wildman–Crippen LogP) is 0.511. The maximum Gasteiger partial charge on any atom is 0.317 e. The smallest absolute Gasteiger partial charge is 0.317 e. The fraction of sp³-hybridized carbons (Fsp3) is 0.636. The molecule has 0 fully saturated rings. The topological polar surface area (TPSA) is 73.7 Å². The summed E-state index contributed by atoms with van der Waals surface area (Å²) in [6, 6.07) is 0. The third kappa shape index (κ3) is 3.24. The van der Waals surface area contributed by atoms with Gasteiger partial charge < -0.3 is 10.2 Å². The van der Waals surface area contributed by atoms with Crippen LogP contribution in [-0.4, -0.2) is 45.8 Å². The Morgan fingerprint density at radius 3 is 3.06 bits per heavy atom. The monoisotopic (exact) mass is 256 g/mol. The molecule has 0 atom stereocenters. The molecule has 0 bridgehead atoms. The summed E-state index contributed by atoms with van der Waals surface area (Å²) in [7, 11) is 0. The van der Waals surface area contributed by atoms with E-state index in [4.69, 9.17) is 10.2 Å². The maximum atomic E-state index is 10.6. The van der Waals surface area contributed by atoms with Crippen LogP contribution in [0.15, 0.2) is 0 Å². The fourth-order valence-electron chi connectivity index (χ4n) is 1.97. The van der Waals surface area contributed by atoms with Crippen LogP contribution in [0.4, 0.5) is 0 Å². The highest BCUT2D eigenvalue weighted by atomic mass is 32.1. The lowest BCUT2D eigenvalue weighted by atomic mass is 10.2. The van der Waals surface area contributed by atoms with Gasteiger partial charge in [-0.3, -0.25) is 9.69 Å². The van der Waals surface area contributed by atoms with Gasteiger partial charge in [0.2, 0.25) is 0 Å². The SMILES string of the molecule is O=C(O)CN1CCc2nc(CCCO)sc2C1. The third-order valence-corrected chi connectivity index (χ3v) is 3.90. The second kappa shape index (κ2) is 5.57. The first kappa shape index (κ1) is 12.5. The van der Waals surface area contributed by atoms with E-state index in [1.54, 1.807) is 11.3 Å². The van der Waals surface area contributed by atoms with Crippen molar-refractivity contribution in [2.24, 2.45) is 0 Å². The summed E-state index contributed by atoms with van der Waals surface area (Å²) < 4.78 is 0. The molecule has 0 saturated carbocycles. The fourth-order valence-corrected chi connectivity index (χ4v) is 3.16. The van der Waals surface area contributed by atoms with Crippen molar-refractivity contribution in [3.8, 4) is 0 Å². The number of aliphatic hydroxyl groups is 1. The predicted molar refractivity (Wildman–Crippen MR) is 64.1 cm³/mol. The molecule has 1 aromatic heterocycles. The van der Waals surface area contributed by atoms with Crippen LogP contribution in [0, 0.1) is 0 Å². The van der Waals surface area contributed by atoms with Gasteiger partial charge in [-0.25, -0.2) is 4.98 Å². The molecule has 1 aliphatic heterocycles. The number of thiazole rings is 1. The van der Waals surface area contributed by atoms with Gasteiger partial charge in [-0.15, -0.1) is 11.3 Å². The van der Waals surface area contributed by atoms with Gasteiger partial charge in [0, 0.05) is 37.4 Å². The van der Waals surface area contributed by atoms with Crippen molar-refractivity contribution in [1.82, 2.24) is 9.88 Å². The molecule has 2 heterocycles. The molecule has 0 aromatic carbocycles. The van der Waals surface area contributed by atoms with Gasteiger partial charge in [-0.1, -0.05) is 0 Å². The van der Waals surface area contributed by atoms with Crippen LogP contribution in [0.2, 0.25) is 0 Å². The lowest BCUT2D eigenvalue weighted by Crippen LogP contribution is -2.34. The van der Waals surface area contributed by atoms with Crippen molar-refractivity contribution in [1.29, 1.82) is 0 Å². The van der Waals surface area contributed by atoms with Gasteiger partial charge in [-0.2, -0.15) is 0 Å². The molecule has 0 spiro atoms. The zero-order valence-electron chi connectivity index (χ0n) is 9.56. The zero-order valence-corrected chi connectivity index (χ0v) is 10.4. The third-order valence-electron chi connectivity index (χ3n) is 2.76. The molecule has 0 unspecified atom stereocenters. The first-order chi connectivity index (χ1) is 8.19. The number of carbonyl (C=O) groups is 1. The number of rotatable bonds is 5. The quantitative estimate of drug-likeness (QED) is 0.803. The molecule has 5 nitrogen and oxygen atoms in total. The molecule has 0 saturated heterocycles. The van der Waals surface area contributed by atoms with Crippen molar-refractivity contribution in [3.05, 3.63) is 15.6 Å². The average molecular weight is 256 g/mol. The number of fused-ring (bicyclic) bond motifs is 1. The van der Waals surface area contributed by atoms with Crippen LogP contribution >= 0.6 is 11.3 Å². The van der Waals surface area contributed by atoms with E-state index < -0.39 is 5.97 Å². The second-order valence-electron chi connectivity index (χ2n) is 4.16. The van der Waals surface area contributed by atoms with Gasteiger partial charge in [0.15, 0.2) is 0 Å². The number of hydrogen-bond donors (Lipinski definition) is 2. The lowest BCUT2D eigenvalue weighted by molar-refractivity contribution is -0.138. The van der Waals surface area contributed by atoms with E-state index in [0.717, 1.165) is 36.5 Å². The van der Waals surface area contributed by atoms with E-state index in [1.807, 2.05) is 4.90 Å². The van der Waals surface area contributed by atoms with E-state index in [2.05, 4.69) is 4.98 Å². The molecule has 0 radical (unpaired) electrons. The summed E-state index contributed by atoms with van der Waals surface area (Å²) >= 11 is 1.65. The van der Waals surface area contributed by atoms with Crippen LogP contribution in [-0.2, 0) is 24.2 Å². The van der Waals surface area contributed by atoms with Gasteiger partial charge >= 0.3 is 5.97 Å². The zero-order chi connectivity index (χ0) is 12.3. The Labute approximate surface area is 104 Å². The normalized spacial score (nSPS) is 15.8. The second-order valence-corrected chi connectivity index (χ2v) is 5.33. The highest BCUT2D eigenvalue weighted by Gasteiger charge is 2.21. The van der Waals surface area contributed by atoms with E-state index in [9.17, 15) is 4.79 Å². The minimum atomic E-state index is -0.779. The Morgan fingerprint density at radius 1 is 1.53 bits per heavy atom. The first-order valence-corrected chi connectivity index (χ1v) is 6.53. The molecule has 94 valence electrons. The summed E-state index contributed by atoms with van der Waals surface area (Å²) in [6.07, 6.45) is 2.39. The molecular weight excluding hydrogens is 240 g/mol. The molecule has 1 aromatic rings. The summed E-state index contributed by atoms with van der Waals surface area (Å²) in [5, 5.41) is 18.6.